The van der Waals surface area contributed by atoms with Gasteiger partial charge in [-0.25, -0.2) is 0 Å². The maximum atomic E-state index is 5.39. The molecule has 6 heteroatoms. The summed E-state index contributed by atoms with van der Waals surface area (Å²) in [4.78, 5) is 2.47. The summed E-state index contributed by atoms with van der Waals surface area (Å²) < 4.78 is 11.8. The predicted octanol–water partition coefficient (Wildman–Crippen LogP) is 3.07. The van der Waals surface area contributed by atoms with Crippen LogP contribution < -0.4 is 14.8 Å². The molecule has 0 radical (unpaired) electrons. The fourth-order valence-corrected chi connectivity index (χ4v) is 3.28. The minimum absolute atomic E-state index is 0. The van der Waals surface area contributed by atoms with Gasteiger partial charge in [0.1, 0.15) is 0 Å². The molecule has 2 atom stereocenters. The highest BCUT2D eigenvalue weighted by atomic mass is 79.9. The van der Waals surface area contributed by atoms with Crippen molar-refractivity contribution in [3.8, 4) is 11.5 Å². The van der Waals surface area contributed by atoms with E-state index in [0.717, 1.165) is 35.6 Å². The van der Waals surface area contributed by atoms with Crippen molar-refractivity contribution in [1.82, 2.24) is 10.2 Å². The van der Waals surface area contributed by atoms with Crippen LogP contribution in [0.1, 0.15) is 19.4 Å². The molecule has 0 aliphatic carbocycles. The van der Waals surface area contributed by atoms with Crippen LogP contribution >= 0.6 is 28.3 Å². The van der Waals surface area contributed by atoms with Gasteiger partial charge < -0.3 is 14.8 Å². The Morgan fingerprint density at radius 3 is 2.19 bits per heavy atom. The zero-order valence-corrected chi connectivity index (χ0v) is 15.4. The Hall–Kier alpha value is -0.490. The smallest absolute Gasteiger partial charge is 0.161 e. The largest absolute Gasteiger partial charge is 0.493 e. The van der Waals surface area contributed by atoms with Crippen molar-refractivity contribution in [3.63, 3.8) is 0 Å². The molecule has 1 N–H and O–H groups in total. The van der Waals surface area contributed by atoms with Crippen LogP contribution in [-0.2, 0) is 6.54 Å². The molecule has 0 aromatic heterocycles. The lowest BCUT2D eigenvalue weighted by atomic mass is 10.1. The van der Waals surface area contributed by atoms with Crippen molar-refractivity contribution in [1.29, 1.82) is 0 Å². The van der Waals surface area contributed by atoms with Crippen molar-refractivity contribution < 1.29 is 9.47 Å². The third-order valence-electron chi connectivity index (χ3n) is 3.58. The van der Waals surface area contributed by atoms with Crippen LogP contribution in [0.4, 0.5) is 0 Å². The van der Waals surface area contributed by atoms with Crippen LogP contribution in [0.3, 0.4) is 0 Å². The average molecular weight is 380 g/mol. The number of hydrogen-bond donors (Lipinski definition) is 1. The second-order valence-electron chi connectivity index (χ2n) is 5.46. The minimum atomic E-state index is 0. The van der Waals surface area contributed by atoms with Gasteiger partial charge in [-0.15, -0.1) is 12.4 Å². The maximum Gasteiger partial charge on any atom is 0.161 e. The van der Waals surface area contributed by atoms with Gasteiger partial charge in [-0.1, -0.05) is 15.9 Å². The summed E-state index contributed by atoms with van der Waals surface area (Å²) in [5.41, 5.74) is 1.23. The minimum Gasteiger partial charge on any atom is -0.493 e. The number of hydrogen-bond acceptors (Lipinski definition) is 4. The Kier molecular flexibility index (Phi) is 7.27. The number of benzene rings is 1. The van der Waals surface area contributed by atoms with Crippen molar-refractivity contribution in [2.24, 2.45) is 0 Å². The molecule has 21 heavy (non-hydrogen) atoms. The zero-order valence-electron chi connectivity index (χ0n) is 13.0. The second-order valence-corrected chi connectivity index (χ2v) is 6.32. The van der Waals surface area contributed by atoms with Gasteiger partial charge in [0.25, 0.3) is 0 Å². The number of piperazine rings is 1. The molecule has 0 bridgehead atoms. The molecule has 1 aliphatic rings. The molecular weight excluding hydrogens is 356 g/mol. The molecule has 0 saturated carbocycles. The predicted molar refractivity (Wildman–Crippen MR) is 91.8 cm³/mol. The lowest BCUT2D eigenvalue weighted by Crippen LogP contribution is -2.53. The molecule has 1 aromatic carbocycles. The molecular formula is C15H24BrClN2O2. The average Bonchev–Trinajstić information content (AvgIpc) is 2.39. The number of nitrogens with one attached hydrogen (secondary N) is 1. The molecule has 120 valence electrons. The van der Waals surface area contributed by atoms with Crippen molar-refractivity contribution in [3.05, 3.63) is 22.2 Å². The normalized spacial score (nSPS) is 22.5. The molecule has 0 spiro atoms. The quantitative estimate of drug-likeness (QED) is 0.872. The van der Waals surface area contributed by atoms with E-state index in [9.17, 15) is 0 Å². The summed E-state index contributed by atoms with van der Waals surface area (Å²) in [5.74, 6) is 1.53. The summed E-state index contributed by atoms with van der Waals surface area (Å²) >= 11 is 3.63. The number of nitrogens with zero attached hydrogens (tertiary/aromatic N) is 1. The van der Waals surface area contributed by atoms with Gasteiger partial charge in [0.05, 0.1) is 14.2 Å². The van der Waals surface area contributed by atoms with E-state index in [1.165, 1.54) is 5.56 Å². The molecule has 1 aliphatic heterocycles. The molecule has 2 rings (SSSR count). The van der Waals surface area contributed by atoms with E-state index in [0.29, 0.717) is 12.1 Å². The van der Waals surface area contributed by atoms with Gasteiger partial charge in [-0.05, 0) is 31.5 Å². The highest BCUT2D eigenvalue weighted by Gasteiger charge is 2.22. The van der Waals surface area contributed by atoms with E-state index in [1.54, 1.807) is 14.2 Å². The summed E-state index contributed by atoms with van der Waals surface area (Å²) in [5, 5.41) is 3.55. The topological polar surface area (TPSA) is 33.7 Å². The summed E-state index contributed by atoms with van der Waals surface area (Å²) in [6.07, 6.45) is 0. The van der Waals surface area contributed by atoms with Crippen LogP contribution in [0.25, 0.3) is 0 Å². The molecule has 2 unspecified atom stereocenters. The van der Waals surface area contributed by atoms with E-state index < -0.39 is 0 Å². The zero-order chi connectivity index (χ0) is 14.7. The Labute approximate surface area is 141 Å². The van der Waals surface area contributed by atoms with Crippen molar-refractivity contribution >= 4 is 28.3 Å². The fourth-order valence-electron chi connectivity index (χ4n) is 2.83. The summed E-state index contributed by atoms with van der Waals surface area (Å²) in [6.45, 7) is 7.49. The van der Waals surface area contributed by atoms with Crippen LogP contribution in [-0.4, -0.2) is 44.3 Å². The van der Waals surface area contributed by atoms with Crippen molar-refractivity contribution in [2.75, 3.05) is 27.3 Å². The lowest BCUT2D eigenvalue weighted by molar-refractivity contribution is 0.166. The van der Waals surface area contributed by atoms with Crippen LogP contribution in [0.15, 0.2) is 16.6 Å². The van der Waals surface area contributed by atoms with Gasteiger partial charge in [0.15, 0.2) is 11.5 Å². The van der Waals surface area contributed by atoms with E-state index in [-0.39, 0.29) is 12.4 Å². The standard InChI is InChI=1S/C15H23BrN2O2.ClH/c1-10-7-18(8-11(2)17-10)9-12-5-14(19-3)15(20-4)6-13(12)16;/h5-6,10-11,17H,7-9H2,1-4H3;1H. The highest BCUT2D eigenvalue weighted by molar-refractivity contribution is 9.10. The first-order valence-electron chi connectivity index (χ1n) is 6.92. The summed E-state index contributed by atoms with van der Waals surface area (Å²) in [6, 6.07) is 5.08. The Balaban J connectivity index is 0.00000220. The lowest BCUT2D eigenvalue weighted by Gasteiger charge is -2.36. The number of halogens is 2. The Morgan fingerprint density at radius 2 is 1.67 bits per heavy atom. The van der Waals surface area contributed by atoms with E-state index in [4.69, 9.17) is 9.47 Å². The van der Waals surface area contributed by atoms with Gasteiger partial charge in [-0.2, -0.15) is 0 Å². The first-order chi connectivity index (χ1) is 9.53. The van der Waals surface area contributed by atoms with E-state index >= 15 is 0 Å². The number of ether oxygens (including phenoxy) is 2. The number of methoxy groups -OCH3 is 2. The van der Waals surface area contributed by atoms with E-state index in [2.05, 4.69) is 46.1 Å². The highest BCUT2D eigenvalue weighted by Crippen LogP contribution is 2.34. The van der Waals surface area contributed by atoms with Crippen molar-refractivity contribution in [2.45, 2.75) is 32.5 Å². The van der Waals surface area contributed by atoms with Gasteiger partial charge in [-0.3, -0.25) is 4.90 Å². The Bertz CT molecular complexity index is 463. The first kappa shape index (κ1) is 18.6. The fraction of sp³-hybridized carbons (Fsp3) is 0.600. The Morgan fingerprint density at radius 1 is 1.14 bits per heavy atom. The van der Waals surface area contributed by atoms with Crippen LogP contribution in [0, 0.1) is 0 Å². The van der Waals surface area contributed by atoms with Gasteiger partial charge in [0.2, 0.25) is 0 Å². The van der Waals surface area contributed by atoms with E-state index in [1.807, 2.05) is 6.07 Å². The molecule has 0 amide bonds. The maximum absolute atomic E-state index is 5.39. The number of rotatable bonds is 4. The summed E-state index contributed by atoms with van der Waals surface area (Å²) in [7, 11) is 3.33. The molecule has 1 aromatic rings. The van der Waals surface area contributed by atoms with Gasteiger partial charge in [0, 0.05) is 36.2 Å². The molecule has 1 fully saturated rings. The molecule has 1 heterocycles. The monoisotopic (exact) mass is 378 g/mol. The third kappa shape index (κ3) is 4.74. The first-order valence-corrected chi connectivity index (χ1v) is 7.71. The van der Waals surface area contributed by atoms with Crippen LogP contribution in [0.5, 0.6) is 11.5 Å². The molecule has 4 nitrogen and oxygen atoms in total. The SMILES string of the molecule is COc1cc(Br)c(CN2CC(C)NC(C)C2)cc1OC.Cl. The van der Waals surface area contributed by atoms with Gasteiger partial charge >= 0.3 is 0 Å². The second kappa shape index (κ2) is 8.22. The third-order valence-corrected chi connectivity index (χ3v) is 4.32. The van der Waals surface area contributed by atoms with Crippen LogP contribution in [0.2, 0.25) is 0 Å². The molecule has 1 saturated heterocycles.